The number of benzene rings is 1. The second-order valence-electron chi connectivity index (χ2n) is 5.10. The highest BCUT2D eigenvalue weighted by molar-refractivity contribution is 5.50. The van der Waals surface area contributed by atoms with Crippen LogP contribution < -0.4 is 5.32 Å². The number of fused-ring (bicyclic) bond motifs is 1. The van der Waals surface area contributed by atoms with Gasteiger partial charge in [-0.3, -0.25) is 0 Å². The predicted octanol–water partition coefficient (Wildman–Crippen LogP) is 3.74. The summed E-state index contributed by atoms with van der Waals surface area (Å²) in [5.41, 5.74) is 1.89. The van der Waals surface area contributed by atoms with Crippen molar-refractivity contribution in [2.24, 2.45) is 0 Å². The first-order valence-electron chi connectivity index (χ1n) is 7.14. The summed E-state index contributed by atoms with van der Waals surface area (Å²) >= 11 is 0. The quantitative estimate of drug-likeness (QED) is 0.798. The number of aromatic nitrogens is 3. The third kappa shape index (κ3) is 2.52. The average Bonchev–Trinajstić information content (AvgIpc) is 2.98. The van der Waals surface area contributed by atoms with Gasteiger partial charge in [-0.2, -0.15) is 9.61 Å². The van der Waals surface area contributed by atoms with E-state index in [1.807, 2.05) is 13.0 Å². The van der Waals surface area contributed by atoms with Crippen molar-refractivity contribution < 1.29 is 8.78 Å². The molecule has 1 N–H and O–H groups in total. The van der Waals surface area contributed by atoms with E-state index in [2.05, 4.69) is 15.4 Å². The van der Waals surface area contributed by atoms with Gasteiger partial charge in [0.1, 0.15) is 5.82 Å². The van der Waals surface area contributed by atoms with E-state index in [-0.39, 0.29) is 5.56 Å². The molecule has 1 atom stereocenters. The minimum absolute atomic E-state index is 0.273. The predicted molar refractivity (Wildman–Crippen MR) is 80.8 cm³/mol. The van der Waals surface area contributed by atoms with Gasteiger partial charge in [-0.25, -0.2) is 13.8 Å². The lowest BCUT2D eigenvalue weighted by Crippen LogP contribution is -2.13. The fourth-order valence-electron chi connectivity index (χ4n) is 2.40. The van der Waals surface area contributed by atoms with Crippen molar-refractivity contribution in [2.45, 2.75) is 26.3 Å². The van der Waals surface area contributed by atoms with Gasteiger partial charge in [0.05, 0.1) is 12.2 Å². The fraction of sp³-hybridized carbons (Fsp3) is 0.250. The van der Waals surface area contributed by atoms with E-state index in [9.17, 15) is 8.78 Å². The van der Waals surface area contributed by atoms with Crippen LogP contribution >= 0.6 is 0 Å². The number of halogens is 2. The zero-order valence-corrected chi connectivity index (χ0v) is 12.3. The molecule has 6 heteroatoms. The second kappa shape index (κ2) is 5.71. The Hall–Kier alpha value is -2.50. The number of aryl methyl sites for hydroxylation is 1. The van der Waals surface area contributed by atoms with E-state index in [1.54, 1.807) is 29.8 Å². The normalized spacial score (nSPS) is 12.5. The van der Waals surface area contributed by atoms with Gasteiger partial charge < -0.3 is 5.32 Å². The van der Waals surface area contributed by atoms with Gasteiger partial charge in [-0.1, -0.05) is 19.1 Å². The Bertz CT molecular complexity index is 813. The van der Waals surface area contributed by atoms with Gasteiger partial charge >= 0.3 is 0 Å². The summed E-state index contributed by atoms with van der Waals surface area (Å²) < 4.78 is 28.9. The molecule has 0 fully saturated rings. The number of anilines is 1. The molecule has 0 aliphatic carbocycles. The largest absolute Gasteiger partial charge is 0.363 e. The van der Waals surface area contributed by atoms with Crippen molar-refractivity contribution in [1.29, 1.82) is 0 Å². The molecular weight excluding hydrogens is 286 g/mol. The monoisotopic (exact) mass is 302 g/mol. The molecule has 0 spiro atoms. The summed E-state index contributed by atoms with van der Waals surface area (Å²) in [5.74, 6) is -0.980. The number of nitrogens with zero attached hydrogens (tertiary/aromatic N) is 3. The molecule has 22 heavy (non-hydrogen) atoms. The van der Waals surface area contributed by atoms with Crippen LogP contribution in [0.4, 0.5) is 14.6 Å². The van der Waals surface area contributed by atoms with E-state index >= 15 is 0 Å². The first-order valence-corrected chi connectivity index (χ1v) is 7.14. The third-order valence-electron chi connectivity index (χ3n) is 3.59. The molecule has 0 aliphatic rings. The molecule has 114 valence electrons. The zero-order valence-electron chi connectivity index (χ0n) is 12.3. The van der Waals surface area contributed by atoms with Crippen molar-refractivity contribution in [2.75, 3.05) is 5.32 Å². The van der Waals surface area contributed by atoms with Gasteiger partial charge in [0.15, 0.2) is 17.3 Å². The summed E-state index contributed by atoms with van der Waals surface area (Å²) in [6.45, 7) is 3.79. The van der Waals surface area contributed by atoms with Crippen LogP contribution in [0.15, 0.2) is 36.5 Å². The molecule has 1 unspecified atom stereocenters. The molecule has 0 radical (unpaired) electrons. The molecule has 3 rings (SSSR count). The molecule has 3 aromatic rings. The lowest BCUT2D eigenvalue weighted by Gasteiger charge is -2.17. The zero-order chi connectivity index (χ0) is 15.7. The van der Waals surface area contributed by atoms with Gasteiger partial charge in [0.2, 0.25) is 0 Å². The molecule has 1 aromatic carbocycles. The lowest BCUT2D eigenvalue weighted by atomic mass is 10.1. The molecule has 0 saturated carbocycles. The number of rotatable bonds is 4. The van der Waals surface area contributed by atoms with Gasteiger partial charge in [-0.05, 0) is 19.4 Å². The van der Waals surface area contributed by atoms with Crippen molar-refractivity contribution in [3.8, 4) is 0 Å². The first-order chi connectivity index (χ1) is 10.6. The molecule has 4 nitrogen and oxygen atoms in total. The number of hydrogen-bond donors (Lipinski definition) is 1. The standard InChI is InChI=1S/C16H16F2N4/c1-3-11-9-15(22-14(21-11)7-8-19-22)20-10(2)12-5-4-6-13(17)16(12)18/h4-10,20H,3H2,1-2H3. The number of hydrogen-bond acceptors (Lipinski definition) is 3. The van der Waals surface area contributed by atoms with Crippen molar-refractivity contribution in [3.05, 3.63) is 59.4 Å². The van der Waals surface area contributed by atoms with Gasteiger partial charge in [0.25, 0.3) is 0 Å². The first kappa shape index (κ1) is 14.4. The smallest absolute Gasteiger partial charge is 0.164 e. The molecule has 2 aromatic heterocycles. The summed E-state index contributed by atoms with van der Waals surface area (Å²) in [4.78, 5) is 4.45. The minimum atomic E-state index is -0.848. The Kier molecular flexibility index (Phi) is 3.75. The van der Waals surface area contributed by atoms with E-state index in [0.29, 0.717) is 11.5 Å². The van der Waals surface area contributed by atoms with Crippen molar-refractivity contribution in [1.82, 2.24) is 14.6 Å². The van der Waals surface area contributed by atoms with E-state index in [1.165, 1.54) is 6.07 Å². The Morgan fingerprint density at radius 1 is 1.27 bits per heavy atom. The Morgan fingerprint density at radius 3 is 2.86 bits per heavy atom. The number of nitrogens with one attached hydrogen (secondary N) is 1. The molecule has 0 amide bonds. The molecular formula is C16H16F2N4. The van der Waals surface area contributed by atoms with Crippen LogP contribution in [0.2, 0.25) is 0 Å². The van der Waals surface area contributed by atoms with E-state index in [0.717, 1.165) is 18.2 Å². The minimum Gasteiger partial charge on any atom is -0.363 e. The molecule has 0 saturated heterocycles. The van der Waals surface area contributed by atoms with Crippen molar-refractivity contribution >= 4 is 11.5 Å². The van der Waals surface area contributed by atoms with Crippen LogP contribution in [0.3, 0.4) is 0 Å². The highest BCUT2D eigenvalue weighted by Gasteiger charge is 2.16. The van der Waals surface area contributed by atoms with E-state index < -0.39 is 17.7 Å². The average molecular weight is 302 g/mol. The second-order valence-corrected chi connectivity index (χ2v) is 5.10. The van der Waals surface area contributed by atoms with Crippen LogP contribution in [0, 0.1) is 11.6 Å². The van der Waals surface area contributed by atoms with Crippen LogP contribution in [-0.4, -0.2) is 14.6 Å². The van der Waals surface area contributed by atoms with Crippen LogP contribution in [0.25, 0.3) is 5.65 Å². The highest BCUT2D eigenvalue weighted by Crippen LogP contribution is 2.24. The van der Waals surface area contributed by atoms with Crippen LogP contribution in [0.1, 0.15) is 31.1 Å². The van der Waals surface area contributed by atoms with Crippen molar-refractivity contribution in [3.63, 3.8) is 0 Å². The van der Waals surface area contributed by atoms with Crippen LogP contribution in [0.5, 0.6) is 0 Å². The Labute approximate surface area is 126 Å². The maximum atomic E-state index is 13.9. The SMILES string of the molecule is CCc1cc(NC(C)c2cccc(F)c2F)n2nccc2n1. The van der Waals surface area contributed by atoms with Gasteiger partial charge in [0, 0.05) is 23.4 Å². The fourth-order valence-corrected chi connectivity index (χ4v) is 2.40. The van der Waals surface area contributed by atoms with Crippen LogP contribution in [-0.2, 0) is 6.42 Å². The molecule has 2 heterocycles. The summed E-state index contributed by atoms with van der Waals surface area (Å²) in [6.07, 6.45) is 2.43. The summed E-state index contributed by atoms with van der Waals surface area (Å²) in [5, 5.41) is 7.39. The summed E-state index contributed by atoms with van der Waals surface area (Å²) in [7, 11) is 0. The molecule has 0 bridgehead atoms. The Balaban J connectivity index is 1.98. The van der Waals surface area contributed by atoms with Gasteiger partial charge in [-0.15, -0.1) is 0 Å². The maximum absolute atomic E-state index is 13.9. The third-order valence-corrected chi connectivity index (χ3v) is 3.59. The molecule has 0 aliphatic heterocycles. The summed E-state index contributed by atoms with van der Waals surface area (Å²) in [6, 6.07) is 7.44. The van der Waals surface area contributed by atoms with E-state index in [4.69, 9.17) is 0 Å². The lowest BCUT2D eigenvalue weighted by molar-refractivity contribution is 0.494. The topological polar surface area (TPSA) is 42.2 Å². The Morgan fingerprint density at radius 2 is 2.09 bits per heavy atom. The maximum Gasteiger partial charge on any atom is 0.164 e. The highest BCUT2D eigenvalue weighted by atomic mass is 19.2.